The number of carbonyl (C=O) groups excluding carboxylic acids is 1. The monoisotopic (exact) mass is 340 g/mol. The summed E-state index contributed by atoms with van der Waals surface area (Å²) in [5.41, 5.74) is 2.14. The first kappa shape index (κ1) is 17.8. The molecule has 0 unspecified atom stereocenters. The van der Waals surface area contributed by atoms with Crippen LogP contribution in [0.5, 0.6) is 0 Å². The van der Waals surface area contributed by atoms with Crippen LogP contribution in [0.1, 0.15) is 25.0 Å². The van der Waals surface area contributed by atoms with Gasteiger partial charge >= 0.3 is 0 Å². The minimum Gasteiger partial charge on any atom is -0.374 e. The second kappa shape index (κ2) is 7.91. The van der Waals surface area contributed by atoms with Crippen LogP contribution in [-0.2, 0) is 32.0 Å². The average Bonchev–Trinajstić information content (AvgIpc) is 2.60. The summed E-state index contributed by atoms with van der Waals surface area (Å²) in [4.78, 5) is 12.7. The Morgan fingerprint density at radius 3 is 2.08 bits per heavy atom. The van der Waals surface area contributed by atoms with Gasteiger partial charge in [-0.1, -0.05) is 60.7 Å². The molecule has 4 nitrogen and oxygen atoms in total. The Morgan fingerprint density at radius 1 is 0.880 bits per heavy atom. The van der Waals surface area contributed by atoms with E-state index in [1.807, 2.05) is 74.5 Å². The molecule has 0 saturated carbocycles. The molecule has 0 bridgehead atoms. The topological polar surface area (TPSA) is 44.8 Å². The van der Waals surface area contributed by atoms with E-state index in [0.29, 0.717) is 13.0 Å². The van der Waals surface area contributed by atoms with Gasteiger partial charge in [0.2, 0.25) is 0 Å². The zero-order valence-electron chi connectivity index (χ0n) is 14.7. The van der Waals surface area contributed by atoms with Crippen LogP contribution in [0.3, 0.4) is 0 Å². The third-order valence-electron chi connectivity index (χ3n) is 4.13. The SMILES string of the molecule is CC1(C)O[C@@H](COCc2ccccc2)C(=O)[C@H](Cc2ccccc2)O1. The largest absolute Gasteiger partial charge is 0.374 e. The van der Waals surface area contributed by atoms with Crippen LogP contribution in [0.25, 0.3) is 0 Å². The number of ketones is 1. The summed E-state index contributed by atoms with van der Waals surface area (Å²) >= 11 is 0. The molecule has 1 saturated heterocycles. The maximum Gasteiger partial charge on any atom is 0.193 e. The van der Waals surface area contributed by atoms with Crippen molar-refractivity contribution in [3.8, 4) is 0 Å². The van der Waals surface area contributed by atoms with Crippen LogP contribution in [0.15, 0.2) is 60.7 Å². The molecule has 132 valence electrons. The second-order valence-corrected chi connectivity index (χ2v) is 6.71. The molecule has 3 rings (SSSR count). The van der Waals surface area contributed by atoms with Crippen molar-refractivity contribution in [3.63, 3.8) is 0 Å². The van der Waals surface area contributed by atoms with E-state index in [1.54, 1.807) is 0 Å². The number of carbonyl (C=O) groups is 1. The maximum atomic E-state index is 12.7. The van der Waals surface area contributed by atoms with Crippen LogP contribution in [0.2, 0.25) is 0 Å². The second-order valence-electron chi connectivity index (χ2n) is 6.71. The van der Waals surface area contributed by atoms with Crippen LogP contribution < -0.4 is 0 Å². The molecule has 1 aliphatic rings. The first-order valence-corrected chi connectivity index (χ1v) is 8.58. The Kier molecular flexibility index (Phi) is 5.63. The molecule has 0 aliphatic carbocycles. The molecule has 25 heavy (non-hydrogen) atoms. The molecule has 1 heterocycles. The Hall–Kier alpha value is -2.01. The number of hydrogen-bond donors (Lipinski definition) is 0. The summed E-state index contributed by atoms with van der Waals surface area (Å²) in [6.45, 7) is 4.35. The molecule has 1 aliphatic heterocycles. The van der Waals surface area contributed by atoms with Crippen LogP contribution in [0, 0.1) is 0 Å². The minimum absolute atomic E-state index is 0.0590. The summed E-state index contributed by atoms with van der Waals surface area (Å²) in [6, 6.07) is 19.8. The normalized spacial score (nSPS) is 22.7. The molecular weight excluding hydrogens is 316 g/mol. The molecule has 1 fully saturated rings. The van der Waals surface area contributed by atoms with Gasteiger partial charge in [0.05, 0.1) is 13.2 Å². The average molecular weight is 340 g/mol. The Bertz CT molecular complexity index is 682. The van der Waals surface area contributed by atoms with Crippen LogP contribution in [0.4, 0.5) is 0 Å². The van der Waals surface area contributed by atoms with E-state index in [9.17, 15) is 4.79 Å². The zero-order valence-corrected chi connectivity index (χ0v) is 14.7. The first-order chi connectivity index (χ1) is 12.0. The smallest absolute Gasteiger partial charge is 0.193 e. The van der Waals surface area contributed by atoms with Gasteiger partial charge < -0.3 is 14.2 Å². The van der Waals surface area contributed by atoms with Gasteiger partial charge in [0.25, 0.3) is 0 Å². The fourth-order valence-corrected chi connectivity index (χ4v) is 2.98. The number of hydrogen-bond acceptors (Lipinski definition) is 4. The summed E-state index contributed by atoms with van der Waals surface area (Å²) in [5, 5.41) is 0. The van der Waals surface area contributed by atoms with Crippen molar-refractivity contribution in [2.45, 2.75) is 44.9 Å². The number of rotatable bonds is 6. The van der Waals surface area contributed by atoms with E-state index in [0.717, 1.165) is 11.1 Å². The van der Waals surface area contributed by atoms with Crippen molar-refractivity contribution in [2.24, 2.45) is 0 Å². The van der Waals surface area contributed by atoms with Crippen molar-refractivity contribution in [3.05, 3.63) is 71.8 Å². The summed E-state index contributed by atoms with van der Waals surface area (Å²) in [7, 11) is 0. The Labute approximate surface area is 148 Å². The highest BCUT2D eigenvalue weighted by Gasteiger charge is 2.42. The Morgan fingerprint density at radius 2 is 1.44 bits per heavy atom. The van der Waals surface area contributed by atoms with E-state index in [2.05, 4.69) is 0 Å². The predicted molar refractivity (Wildman–Crippen MR) is 95.1 cm³/mol. The lowest BCUT2D eigenvalue weighted by molar-refractivity contribution is -0.284. The Balaban J connectivity index is 1.61. The summed E-state index contributed by atoms with van der Waals surface area (Å²) in [5.74, 6) is -0.870. The molecule has 0 spiro atoms. The van der Waals surface area contributed by atoms with Gasteiger partial charge in [-0.2, -0.15) is 0 Å². The van der Waals surface area contributed by atoms with Crippen LogP contribution >= 0.6 is 0 Å². The molecule has 2 aromatic carbocycles. The van der Waals surface area contributed by atoms with Crippen molar-refractivity contribution in [2.75, 3.05) is 6.61 Å². The highest BCUT2D eigenvalue weighted by Crippen LogP contribution is 2.27. The molecular formula is C21H24O4. The van der Waals surface area contributed by atoms with E-state index in [-0.39, 0.29) is 12.4 Å². The lowest BCUT2D eigenvalue weighted by Crippen LogP contribution is -2.53. The predicted octanol–water partition coefficient (Wildman–Crippen LogP) is 3.54. The van der Waals surface area contributed by atoms with Gasteiger partial charge in [-0.15, -0.1) is 0 Å². The fourth-order valence-electron chi connectivity index (χ4n) is 2.98. The van der Waals surface area contributed by atoms with E-state index in [4.69, 9.17) is 14.2 Å². The molecule has 0 radical (unpaired) electrons. The molecule has 0 aromatic heterocycles. The first-order valence-electron chi connectivity index (χ1n) is 8.58. The standard InChI is InChI=1S/C21H24O4/c1-21(2)24-18(13-16-9-5-3-6-10-16)20(22)19(25-21)15-23-14-17-11-7-4-8-12-17/h3-12,18-19H,13-15H2,1-2H3/t18-,19-/m0/s1. The highest BCUT2D eigenvalue weighted by molar-refractivity contribution is 5.88. The van der Waals surface area contributed by atoms with Crippen molar-refractivity contribution < 1.29 is 19.0 Å². The van der Waals surface area contributed by atoms with Gasteiger partial charge in [-0.05, 0) is 25.0 Å². The number of Topliss-reactive ketones (excluding diaryl/α,β-unsaturated/α-hetero) is 1. The van der Waals surface area contributed by atoms with Crippen LogP contribution in [-0.4, -0.2) is 30.4 Å². The molecule has 2 atom stereocenters. The quantitative estimate of drug-likeness (QED) is 0.807. The summed E-state index contributed by atoms with van der Waals surface area (Å²) < 4.78 is 17.4. The third-order valence-corrected chi connectivity index (χ3v) is 4.13. The van der Waals surface area contributed by atoms with Gasteiger partial charge in [0.15, 0.2) is 11.6 Å². The van der Waals surface area contributed by atoms with Gasteiger partial charge in [0.1, 0.15) is 12.2 Å². The van der Waals surface area contributed by atoms with Gasteiger partial charge in [0, 0.05) is 6.42 Å². The lowest BCUT2D eigenvalue weighted by atomic mass is 10.00. The summed E-state index contributed by atoms with van der Waals surface area (Å²) in [6.07, 6.45) is -0.584. The van der Waals surface area contributed by atoms with E-state index in [1.165, 1.54) is 0 Å². The molecule has 0 amide bonds. The third kappa shape index (κ3) is 4.98. The molecule has 2 aromatic rings. The van der Waals surface area contributed by atoms with Crippen molar-refractivity contribution in [1.82, 2.24) is 0 Å². The number of benzene rings is 2. The zero-order chi connectivity index (χ0) is 17.7. The maximum absolute atomic E-state index is 12.7. The molecule has 4 heteroatoms. The number of ether oxygens (including phenoxy) is 3. The lowest BCUT2D eigenvalue weighted by Gasteiger charge is -2.39. The van der Waals surface area contributed by atoms with Gasteiger partial charge in [-0.25, -0.2) is 0 Å². The van der Waals surface area contributed by atoms with Crippen molar-refractivity contribution in [1.29, 1.82) is 0 Å². The van der Waals surface area contributed by atoms with Gasteiger partial charge in [-0.3, -0.25) is 4.79 Å². The van der Waals surface area contributed by atoms with E-state index >= 15 is 0 Å². The van der Waals surface area contributed by atoms with Crippen molar-refractivity contribution >= 4 is 5.78 Å². The van der Waals surface area contributed by atoms with E-state index < -0.39 is 18.0 Å². The fraction of sp³-hybridized carbons (Fsp3) is 0.381. The highest BCUT2D eigenvalue weighted by atomic mass is 16.7. The molecule has 0 N–H and O–H groups in total. The minimum atomic E-state index is -0.811.